The fourth-order valence-electron chi connectivity index (χ4n) is 2.21. The summed E-state index contributed by atoms with van der Waals surface area (Å²) in [4.78, 5) is 36.6. The van der Waals surface area contributed by atoms with Gasteiger partial charge < -0.3 is 4.90 Å². The number of nitrogens with zero attached hydrogens (tertiary/aromatic N) is 1. The van der Waals surface area contributed by atoms with E-state index < -0.39 is 11.9 Å². The van der Waals surface area contributed by atoms with Gasteiger partial charge in [-0.25, -0.2) is 0 Å². The third-order valence-corrected chi connectivity index (χ3v) is 3.16. The molecule has 3 amide bonds. The number of nitrogens with one attached hydrogen (secondary N) is 1. The van der Waals surface area contributed by atoms with Crippen LogP contribution >= 0.6 is 0 Å². The lowest BCUT2D eigenvalue weighted by molar-refractivity contribution is -0.149. The van der Waals surface area contributed by atoms with E-state index in [2.05, 4.69) is 5.32 Å². The number of piperazine rings is 1. The summed E-state index contributed by atoms with van der Waals surface area (Å²) >= 11 is 0. The first-order valence-electron chi connectivity index (χ1n) is 6.29. The molecule has 1 saturated heterocycles. The summed E-state index contributed by atoms with van der Waals surface area (Å²) in [5, 5.41) is 2.26. The van der Waals surface area contributed by atoms with Gasteiger partial charge in [-0.2, -0.15) is 0 Å². The van der Waals surface area contributed by atoms with Gasteiger partial charge in [0.2, 0.25) is 17.7 Å². The summed E-state index contributed by atoms with van der Waals surface area (Å²) in [5.41, 5.74) is 0.876. The van der Waals surface area contributed by atoms with E-state index >= 15 is 0 Å². The van der Waals surface area contributed by atoms with Crippen LogP contribution in [0.5, 0.6) is 0 Å². The number of carbonyl (C=O) groups excluding carboxylic acids is 3. The van der Waals surface area contributed by atoms with Crippen LogP contribution in [0.1, 0.15) is 18.9 Å². The summed E-state index contributed by atoms with van der Waals surface area (Å²) < 4.78 is 0. The van der Waals surface area contributed by atoms with E-state index in [1.165, 1.54) is 4.90 Å². The minimum absolute atomic E-state index is 0.0457. The van der Waals surface area contributed by atoms with Crippen LogP contribution in [0, 0.1) is 0 Å². The molecule has 0 bridgehead atoms. The molecule has 0 saturated carbocycles. The molecule has 5 heteroatoms. The number of carbonyl (C=O) groups is 3. The van der Waals surface area contributed by atoms with Crippen molar-refractivity contribution in [2.24, 2.45) is 0 Å². The molecule has 1 heterocycles. The van der Waals surface area contributed by atoms with Crippen LogP contribution in [0.2, 0.25) is 0 Å². The number of hydrogen-bond acceptors (Lipinski definition) is 3. The van der Waals surface area contributed by atoms with Gasteiger partial charge in [0.25, 0.3) is 0 Å². The fraction of sp³-hybridized carbons (Fsp3) is 0.357. The maximum absolute atomic E-state index is 12.2. The van der Waals surface area contributed by atoms with Gasteiger partial charge >= 0.3 is 0 Å². The predicted molar refractivity (Wildman–Crippen MR) is 69.1 cm³/mol. The minimum Gasteiger partial charge on any atom is -0.321 e. The molecule has 0 radical (unpaired) electrons. The monoisotopic (exact) mass is 260 g/mol. The number of benzene rings is 1. The minimum atomic E-state index is -0.547. The Morgan fingerprint density at radius 3 is 2.63 bits per heavy atom. The van der Waals surface area contributed by atoms with Gasteiger partial charge in [0, 0.05) is 0 Å². The number of rotatable bonds is 3. The average Bonchev–Trinajstić information content (AvgIpc) is 2.39. The molecule has 1 aromatic rings. The standard InChI is InChI=1S/C14H16N2O3/c1-2-11-14(19)15-12(17)9-16(11)13(18)8-10-6-4-3-5-7-10/h3-7,11H,2,8-9H2,1H3,(H,15,17,19). The van der Waals surface area contributed by atoms with E-state index in [9.17, 15) is 14.4 Å². The fourth-order valence-corrected chi connectivity index (χ4v) is 2.21. The zero-order chi connectivity index (χ0) is 13.8. The second-order valence-electron chi connectivity index (χ2n) is 4.52. The van der Waals surface area contributed by atoms with Crippen molar-refractivity contribution in [1.82, 2.24) is 10.2 Å². The first-order valence-corrected chi connectivity index (χ1v) is 6.29. The van der Waals surface area contributed by atoms with Crippen LogP contribution < -0.4 is 5.32 Å². The zero-order valence-electron chi connectivity index (χ0n) is 10.8. The maximum atomic E-state index is 12.2. The Hall–Kier alpha value is -2.17. The SMILES string of the molecule is CCC1C(=O)NC(=O)CN1C(=O)Cc1ccccc1. The Morgan fingerprint density at radius 1 is 1.32 bits per heavy atom. The molecule has 1 N–H and O–H groups in total. The maximum Gasteiger partial charge on any atom is 0.249 e. The zero-order valence-corrected chi connectivity index (χ0v) is 10.8. The van der Waals surface area contributed by atoms with Gasteiger partial charge in [0.05, 0.1) is 6.42 Å². The Morgan fingerprint density at radius 2 is 2.00 bits per heavy atom. The van der Waals surface area contributed by atoms with E-state index in [1.807, 2.05) is 37.3 Å². The Kier molecular flexibility index (Phi) is 3.94. The van der Waals surface area contributed by atoms with E-state index in [-0.39, 0.29) is 24.8 Å². The molecule has 5 nitrogen and oxygen atoms in total. The molecule has 1 aliphatic rings. The first-order chi connectivity index (χ1) is 9.11. The number of amides is 3. The van der Waals surface area contributed by atoms with E-state index in [4.69, 9.17) is 0 Å². The summed E-state index contributed by atoms with van der Waals surface area (Å²) in [6, 6.07) is 8.74. The molecule has 0 aliphatic carbocycles. The summed E-state index contributed by atoms with van der Waals surface area (Å²) in [7, 11) is 0. The highest BCUT2D eigenvalue weighted by Crippen LogP contribution is 2.12. The highest BCUT2D eigenvalue weighted by atomic mass is 16.2. The lowest BCUT2D eigenvalue weighted by Crippen LogP contribution is -2.59. The molecule has 1 atom stereocenters. The Labute approximate surface area is 111 Å². The molecule has 1 fully saturated rings. The highest BCUT2D eigenvalue weighted by Gasteiger charge is 2.35. The number of hydrogen-bond donors (Lipinski definition) is 1. The second kappa shape index (κ2) is 5.65. The molecule has 1 aliphatic heterocycles. The van der Waals surface area contributed by atoms with E-state index in [1.54, 1.807) is 0 Å². The van der Waals surface area contributed by atoms with Crippen LogP contribution in [0.15, 0.2) is 30.3 Å². The predicted octanol–water partition coefficient (Wildman–Crippen LogP) is 0.493. The smallest absolute Gasteiger partial charge is 0.249 e. The molecule has 1 unspecified atom stereocenters. The Bertz CT molecular complexity index is 499. The molecule has 0 aromatic heterocycles. The molecular formula is C14H16N2O3. The largest absolute Gasteiger partial charge is 0.321 e. The molecule has 2 rings (SSSR count). The van der Waals surface area contributed by atoms with Gasteiger partial charge in [-0.1, -0.05) is 37.3 Å². The van der Waals surface area contributed by atoms with Crippen LogP contribution in [-0.2, 0) is 20.8 Å². The van der Waals surface area contributed by atoms with Gasteiger partial charge in [-0.15, -0.1) is 0 Å². The molecular weight excluding hydrogens is 244 g/mol. The lowest BCUT2D eigenvalue weighted by Gasteiger charge is -2.33. The molecule has 1 aromatic carbocycles. The first kappa shape index (κ1) is 13.3. The molecule has 19 heavy (non-hydrogen) atoms. The van der Waals surface area contributed by atoms with Crippen molar-refractivity contribution in [1.29, 1.82) is 0 Å². The third kappa shape index (κ3) is 2.99. The van der Waals surface area contributed by atoms with Crippen LogP contribution in [0.4, 0.5) is 0 Å². The van der Waals surface area contributed by atoms with Gasteiger partial charge in [0.1, 0.15) is 12.6 Å². The van der Waals surface area contributed by atoms with E-state index in [0.29, 0.717) is 6.42 Å². The van der Waals surface area contributed by atoms with Crippen LogP contribution in [0.3, 0.4) is 0 Å². The number of imide groups is 1. The second-order valence-corrected chi connectivity index (χ2v) is 4.52. The van der Waals surface area contributed by atoms with Crippen molar-refractivity contribution in [3.8, 4) is 0 Å². The van der Waals surface area contributed by atoms with Crippen LogP contribution in [-0.4, -0.2) is 35.2 Å². The molecule has 0 spiro atoms. The van der Waals surface area contributed by atoms with Crippen molar-refractivity contribution in [3.63, 3.8) is 0 Å². The van der Waals surface area contributed by atoms with Crippen molar-refractivity contribution in [2.75, 3.05) is 6.54 Å². The van der Waals surface area contributed by atoms with E-state index in [0.717, 1.165) is 5.56 Å². The van der Waals surface area contributed by atoms with Crippen molar-refractivity contribution in [2.45, 2.75) is 25.8 Å². The van der Waals surface area contributed by atoms with Crippen molar-refractivity contribution >= 4 is 17.7 Å². The van der Waals surface area contributed by atoms with Gasteiger partial charge in [-0.3, -0.25) is 19.7 Å². The van der Waals surface area contributed by atoms with Crippen molar-refractivity contribution < 1.29 is 14.4 Å². The van der Waals surface area contributed by atoms with Gasteiger partial charge in [0.15, 0.2) is 0 Å². The van der Waals surface area contributed by atoms with Gasteiger partial charge in [-0.05, 0) is 12.0 Å². The quantitative estimate of drug-likeness (QED) is 0.804. The molecule has 100 valence electrons. The van der Waals surface area contributed by atoms with Crippen LogP contribution in [0.25, 0.3) is 0 Å². The summed E-state index contributed by atoms with van der Waals surface area (Å²) in [6.45, 7) is 1.78. The summed E-state index contributed by atoms with van der Waals surface area (Å²) in [5.74, 6) is -1.00. The normalized spacial score (nSPS) is 19.2. The summed E-state index contributed by atoms with van der Waals surface area (Å²) in [6.07, 6.45) is 0.706. The average molecular weight is 260 g/mol. The topological polar surface area (TPSA) is 66.5 Å². The lowest BCUT2D eigenvalue weighted by atomic mass is 10.1. The highest BCUT2D eigenvalue weighted by molar-refractivity contribution is 6.04. The van der Waals surface area contributed by atoms with Crippen molar-refractivity contribution in [3.05, 3.63) is 35.9 Å². The third-order valence-electron chi connectivity index (χ3n) is 3.16. The Balaban J connectivity index is 2.12.